The van der Waals surface area contributed by atoms with E-state index in [2.05, 4.69) is 5.16 Å². The number of hydrogen-bond donors (Lipinski definition) is 1. The fourth-order valence-electron chi connectivity index (χ4n) is 0.779. The van der Waals surface area contributed by atoms with Crippen molar-refractivity contribution in [3.8, 4) is 0 Å². The number of nitrogens with zero attached hydrogens (tertiary/aromatic N) is 1. The summed E-state index contributed by atoms with van der Waals surface area (Å²) in [4.78, 5) is 0. The Morgan fingerprint density at radius 1 is 1.58 bits per heavy atom. The molecule has 1 N–H and O–H groups in total. The molecule has 0 saturated heterocycles. The van der Waals surface area contributed by atoms with Gasteiger partial charge in [0.1, 0.15) is 11.5 Å². The third kappa shape index (κ3) is 2.27. The number of allylic oxidation sites excluding steroid dienone is 1. The molecule has 0 radical (unpaired) electrons. The van der Waals surface area contributed by atoms with Gasteiger partial charge in [-0.2, -0.15) is 0 Å². The Balaban J connectivity index is 2.69. The van der Waals surface area contributed by atoms with Gasteiger partial charge in [0.25, 0.3) is 0 Å². The summed E-state index contributed by atoms with van der Waals surface area (Å²) < 4.78 is 5.25. The molecule has 0 spiro atoms. The summed E-state index contributed by atoms with van der Waals surface area (Å²) in [6, 6.07) is 3.74. The minimum absolute atomic E-state index is 0.545. The zero-order valence-corrected chi connectivity index (χ0v) is 7.11. The third-order valence-electron chi connectivity index (χ3n) is 1.41. The highest BCUT2D eigenvalue weighted by Crippen LogP contribution is 2.07. The molecule has 0 bridgehead atoms. The van der Waals surface area contributed by atoms with Gasteiger partial charge in [0, 0.05) is 0 Å². The predicted molar refractivity (Wildman–Crippen MR) is 47.4 cm³/mol. The molecule has 3 heteroatoms. The fourth-order valence-corrected chi connectivity index (χ4v) is 0.779. The van der Waals surface area contributed by atoms with Crippen LogP contribution in [0, 0.1) is 6.92 Å². The second kappa shape index (κ2) is 3.76. The highest BCUT2D eigenvalue weighted by atomic mass is 16.4. The van der Waals surface area contributed by atoms with E-state index in [0.717, 1.165) is 11.5 Å². The molecule has 1 rings (SSSR count). The summed E-state index contributed by atoms with van der Waals surface area (Å²) in [5.74, 6) is 1.63. The van der Waals surface area contributed by atoms with E-state index in [0.29, 0.717) is 5.71 Å². The van der Waals surface area contributed by atoms with Gasteiger partial charge in [-0.15, -0.1) is 0 Å². The molecular weight excluding hydrogens is 154 g/mol. The third-order valence-corrected chi connectivity index (χ3v) is 1.41. The molecule has 0 aromatic carbocycles. The molecule has 0 amide bonds. The maximum absolute atomic E-state index is 8.32. The predicted octanol–water partition coefficient (Wildman–Crippen LogP) is 2.45. The molecule has 0 aliphatic rings. The van der Waals surface area contributed by atoms with Crippen molar-refractivity contribution in [2.75, 3.05) is 0 Å². The Morgan fingerprint density at radius 2 is 2.33 bits per heavy atom. The van der Waals surface area contributed by atoms with Gasteiger partial charge in [0.15, 0.2) is 0 Å². The van der Waals surface area contributed by atoms with E-state index >= 15 is 0 Å². The molecule has 64 valence electrons. The number of oxime groups is 1. The van der Waals surface area contributed by atoms with Gasteiger partial charge in [0.05, 0.1) is 5.71 Å². The van der Waals surface area contributed by atoms with E-state index in [4.69, 9.17) is 9.62 Å². The lowest BCUT2D eigenvalue weighted by Crippen LogP contribution is -1.81. The molecule has 0 atom stereocenters. The van der Waals surface area contributed by atoms with Crippen molar-refractivity contribution in [2.45, 2.75) is 13.8 Å². The van der Waals surface area contributed by atoms with Crippen molar-refractivity contribution < 1.29 is 9.62 Å². The van der Waals surface area contributed by atoms with Gasteiger partial charge >= 0.3 is 0 Å². The second-order valence-electron chi connectivity index (χ2n) is 2.52. The van der Waals surface area contributed by atoms with Crippen LogP contribution in [-0.4, -0.2) is 10.9 Å². The van der Waals surface area contributed by atoms with Crippen LogP contribution in [0.1, 0.15) is 18.4 Å². The van der Waals surface area contributed by atoms with E-state index in [-0.39, 0.29) is 0 Å². The van der Waals surface area contributed by atoms with Gasteiger partial charge < -0.3 is 9.62 Å². The number of aryl methyl sites for hydroxylation is 1. The van der Waals surface area contributed by atoms with Crippen LogP contribution >= 0.6 is 0 Å². The minimum Gasteiger partial charge on any atom is -0.462 e. The first-order chi connectivity index (χ1) is 5.72. The van der Waals surface area contributed by atoms with Crippen LogP contribution in [-0.2, 0) is 0 Å². The molecular formula is C9H11NO2. The van der Waals surface area contributed by atoms with Crippen LogP contribution in [0.3, 0.4) is 0 Å². The topological polar surface area (TPSA) is 45.7 Å². The molecule has 1 aromatic rings. The van der Waals surface area contributed by atoms with Crippen molar-refractivity contribution >= 4 is 11.8 Å². The summed E-state index contributed by atoms with van der Waals surface area (Å²) in [5, 5.41) is 11.3. The van der Waals surface area contributed by atoms with Crippen molar-refractivity contribution in [1.29, 1.82) is 0 Å². The highest BCUT2D eigenvalue weighted by Gasteiger charge is 1.92. The molecule has 0 aliphatic heterocycles. The molecule has 1 aromatic heterocycles. The van der Waals surface area contributed by atoms with E-state index in [1.165, 1.54) is 0 Å². The van der Waals surface area contributed by atoms with Gasteiger partial charge in [-0.25, -0.2) is 0 Å². The first-order valence-corrected chi connectivity index (χ1v) is 3.65. The molecule has 0 aliphatic carbocycles. The molecule has 1 heterocycles. The molecule has 0 unspecified atom stereocenters. The second-order valence-corrected chi connectivity index (χ2v) is 2.52. The summed E-state index contributed by atoms with van der Waals surface area (Å²) in [5.41, 5.74) is 0.545. The first kappa shape index (κ1) is 8.59. The van der Waals surface area contributed by atoms with Crippen molar-refractivity contribution in [3.05, 3.63) is 29.7 Å². The lowest BCUT2D eigenvalue weighted by atomic mass is 10.3. The van der Waals surface area contributed by atoms with Crippen molar-refractivity contribution in [3.63, 3.8) is 0 Å². The number of hydrogen-bond acceptors (Lipinski definition) is 3. The van der Waals surface area contributed by atoms with E-state index in [1.807, 2.05) is 19.1 Å². The SMILES string of the molecule is CC(/C=C/c1ccc(C)o1)=N\O. The smallest absolute Gasteiger partial charge is 0.127 e. The normalized spacial score (nSPS) is 12.7. The van der Waals surface area contributed by atoms with Crippen LogP contribution in [0.25, 0.3) is 6.08 Å². The average Bonchev–Trinajstić information content (AvgIpc) is 2.47. The maximum Gasteiger partial charge on any atom is 0.127 e. The van der Waals surface area contributed by atoms with E-state index < -0.39 is 0 Å². The van der Waals surface area contributed by atoms with Crippen LogP contribution in [0.15, 0.2) is 27.8 Å². The van der Waals surface area contributed by atoms with Gasteiger partial charge in [-0.3, -0.25) is 0 Å². The molecule has 3 nitrogen and oxygen atoms in total. The van der Waals surface area contributed by atoms with Gasteiger partial charge in [-0.05, 0) is 38.1 Å². The Labute approximate surface area is 71.0 Å². The van der Waals surface area contributed by atoms with Crippen molar-refractivity contribution in [2.24, 2.45) is 5.16 Å². The minimum atomic E-state index is 0.545. The molecule has 12 heavy (non-hydrogen) atoms. The maximum atomic E-state index is 8.32. The summed E-state index contributed by atoms with van der Waals surface area (Å²) in [6.07, 6.45) is 3.43. The largest absolute Gasteiger partial charge is 0.462 e. The quantitative estimate of drug-likeness (QED) is 0.415. The van der Waals surface area contributed by atoms with Crippen LogP contribution in [0.4, 0.5) is 0 Å². The van der Waals surface area contributed by atoms with Crippen LogP contribution in [0.5, 0.6) is 0 Å². The van der Waals surface area contributed by atoms with E-state index in [9.17, 15) is 0 Å². The lowest BCUT2D eigenvalue weighted by molar-refractivity contribution is 0.319. The number of rotatable bonds is 2. The van der Waals surface area contributed by atoms with E-state index in [1.54, 1.807) is 19.1 Å². The Hall–Kier alpha value is -1.51. The fraction of sp³-hybridized carbons (Fsp3) is 0.222. The Bertz CT molecular complexity index is 310. The highest BCUT2D eigenvalue weighted by molar-refractivity contribution is 5.95. The lowest BCUT2D eigenvalue weighted by Gasteiger charge is -1.85. The first-order valence-electron chi connectivity index (χ1n) is 3.65. The zero-order valence-electron chi connectivity index (χ0n) is 7.11. The Morgan fingerprint density at radius 3 is 2.83 bits per heavy atom. The molecule has 0 saturated carbocycles. The van der Waals surface area contributed by atoms with Crippen molar-refractivity contribution in [1.82, 2.24) is 0 Å². The molecule has 0 fully saturated rings. The van der Waals surface area contributed by atoms with Gasteiger partial charge in [-0.1, -0.05) is 5.16 Å². The standard InChI is InChI=1S/C9H11NO2/c1-7(10-11)3-5-9-6-4-8(2)12-9/h3-6,11H,1-2H3/b5-3+,10-7+. The number of furan rings is 1. The monoisotopic (exact) mass is 165 g/mol. The van der Waals surface area contributed by atoms with Crippen LogP contribution < -0.4 is 0 Å². The Kier molecular flexibility index (Phi) is 2.69. The summed E-state index contributed by atoms with van der Waals surface area (Å²) in [6.45, 7) is 3.58. The summed E-state index contributed by atoms with van der Waals surface area (Å²) in [7, 11) is 0. The zero-order chi connectivity index (χ0) is 8.97. The summed E-state index contributed by atoms with van der Waals surface area (Å²) >= 11 is 0. The van der Waals surface area contributed by atoms with Gasteiger partial charge in [0.2, 0.25) is 0 Å². The van der Waals surface area contributed by atoms with Crippen LogP contribution in [0.2, 0.25) is 0 Å². The average molecular weight is 165 g/mol.